The molecule has 1 rings (SSSR count). The molecule has 0 radical (unpaired) electrons. The summed E-state index contributed by atoms with van der Waals surface area (Å²) in [7, 11) is 1.39. The Bertz CT molecular complexity index is 378. The Morgan fingerprint density at radius 2 is 1.95 bits per heavy atom. The molecule has 0 heterocycles. The molecule has 0 fully saturated rings. The van der Waals surface area contributed by atoms with Gasteiger partial charge in [0.05, 0.1) is 19.6 Å². The van der Waals surface area contributed by atoms with Gasteiger partial charge in [-0.3, -0.25) is 9.69 Å². The molecular weight excluding hydrogens is 242 g/mol. The molecule has 1 N–H and O–H groups in total. The van der Waals surface area contributed by atoms with Gasteiger partial charge in [-0.15, -0.1) is 0 Å². The fraction of sp³-hybridized carbons (Fsp3) is 0.533. The van der Waals surface area contributed by atoms with Crippen LogP contribution in [0.4, 0.5) is 0 Å². The predicted molar refractivity (Wildman–Crippen MR) is 74.7 cm³/mol. The first-order chi connectivity index (χ1) is 9.04. The first-order valence-electron chi connectivity index (χ1n) is 6.58. The molecule has 1 aromatic carbocycles. The monoisotopic (exact) mass is 265 g/mol. The van der Waals surface area contributed by atoms with Crippen LogP contribution in [0.2, 0.25) is 0 Å². The summed E-state index contributed by atoms with van der Waals surface area (Å²) < 4.78 is 4.64. The summed E-state index contributed by atoms with van der Waals surface area (Å²) in [6.07, 6.45) is -0.197. The largest absolute Gasteiger partial charge is 0.469 e. The first kappa shape index (κ1) is 15.7. The summed E-state index contributed by atoms with van der Waals surface area (Å²) in [5, 5.41) is 10.2. The number of esters is 1. The maximum atomic E-state index is 11.2. The Balaban J connectivity index is 2.56. The van der Waals surface area contributed by atoms with E-state index in [0.29, 0.717) is 19.5 Å². The van der Waals surface area contributed by atoms with Gasteiger partial charge in [0.1, 0.15) is 0 Å². The van der Waals surface area contributed by atoms with E-state index in [1.54, 1.807) is 0 Å². The third-order valence-corrected chi connectivity index (χ3v) is 3.15. The van der Waals surface area contributed by atoms with Gasteiger partial charge in [0.2, 0.25) is 0 Å². The lowest BCUT2D eigenvalue weighted by Gasteiger charge is -2.28. The van der Waals surface area contributed by atoms with Crippen molar-refractivity contribution < 1.29 is 14.6 Å². The van der Waals surface area contributed by atoms with Gasteiger partial charge in [0, 0.05) is 19.1 Å². The second-order valence-corrected chi connectivity index (χ2v) is 4.84. The van der Waals surface area contributed by atoms with E-state index < -0.39 is 6.10 Å². The van der Waals surface area contributed by atoms with E-state index in [1.165, 1.54) is 7.11 Å². The lowest BCUT2D eigenvalue weighted by molar-refractivity contribution is -0.141. The van der Waals surface area contributed by atoms with Gasteiger partial charge in [0.25, 0.3) is 0 Å². The van der Waals surface area contributed by atoms with E-state index >= 15 is 0 Å². The summed E-state index contributed by atoms with van der Waals surface area (Å²) in [5.41, 5.74) is 0.895. The normalized spacial score (nSPS) is 12.7. The summed E-state index contributed by atoms with van der Waals surface area (Å²) in [4.78, 5) is 13.3. The van der Waals surface area contributed by atoms with Crippen LogP contribution in [-0.2, 0) is 9.53 Å². The third kappa shape index (κ3) is 5.41. The van der Waals surface area contributed by atoms with Crippen LogP contribution in [0, 0.1) is 0 Å². The van der Waals surface area contributed by atoms with Crippen molar-refractivity contribution in [2.45, 2.75) is 32.4 Å². The minimum atomic E-state index is -0.541. The zero-order valence-electron chi connectivity index (χ0n) is 11.9. The average molecular weight is 265 g/mol. The molecule has 0 aliphatic rings. The Labute approximate surface area is 115 Å². The predicted octanol–water partition coefficient (Wildman–Crippen LogP) is 1.99. The molecule has 1 aromatic rings. The molecule has 0 spiro atoms. The van der Waals surface area contributed by atoms with Crippen LogP contribution in [0.3, 0.4) is 0 Å². The summed E-state index contributed by atoms with van der Waals surface area (Å²) in [6.45, 7) is 5.21. The van der Waals surface area contributed by atoms with Crippen LogP contribution in [-0.4, -0.2) is 42.2 Å². The fourth-order valence-corrected chi connectivity index (χ4v) is 1.90. The van der Waals surface area contributed by atoms with E-state index in [0.717, 1.165) is 5.56 Å². The third-order valence-electron chi connectivity index (χ3n) is 3.15. The van der Waals surface area contributed by atoms with Crippen molar-refractivity contribution in [2.75, 3.05) is 20.2 Å². The summed E-state index contributed by atoms with van der Waals surface area (Å²) in [6, 6.07) is 9.82. The SMILES string of the molecule is COC(=O)CCN(CC(O)c1ccccc1)C(C)C. The van der Waals surface area contributed by atoms with Gasteiger partial charge in [0.15, 0.2) is 0 Å². The second-order valence-electron chi connectivity index (χ2n) is 4.84. The number of rotatable bonds is 7. The summed E-state index contributed by atoms with van der Waals surface area (Å²) in [5.74, 6) is -0.222. The molecule has 0 aliphatic carbocycles. The summed E-state index contributed by atoms with van der Waals surface area (Å²) >= 11 is 0. The van der Waals surface area contributed by atoms with Gasteiger partial charge >= 0.3 is 5.97 Å². The quantitative estimate of drug-likeness (QED) is 0.766. The van der Waals surface area contributed by atoms with Crippen molar-refractivity contribution >= 4 is 5.97 Å². The number of benzene rings is 1. The van der Waals surface area contributed by atoms with Crippen LogP contribution >= 0.6 is 0 Å². The highest BCUT2D eigenvalue weighted by atomic mass is 16.5. The molecule has 0 saturated heterocycles. The molecule has 106 valence electrons. The van der Waals surface area contributed by atoms with Gasteiger partial charge in [-0.1, -0.05) is 30.3 Å². The number of nitrogens with zero attached hydrogens (tertiary/aromatic N) is 1. The maximum absolute atomic E-state index is 11.2. The number of hydrogen-bond acceptors (Lipinski definition) is 4. The van der Waals surface area contributed by atoms with Crippen molar-refractivity contribution in [1.29, 1.82) is 0 Å². The van der Waals surface area contributed by atoms with Crippen molar-refractivity contribution in [1.82, 2.24) is 4.90 Å². The smallest absolute Gasteiger partial charge is 0.306 e. The average Bonchev–Trinajstić information content (AvgIpc) is 2.43. The number of methoxy groups -OCH3 is 1. The number of ether oxygens (including phenoxy) is 1. The van der Waals surface area contributed by atoms with E-state index in [2.05, 4.69) is 23.5 Å². The molecule has 0 saturated carbocycles. The molecule has 0 amide bonds. The van der Waals surface area contributed by atoms with Crippen LogP contribution < -0.4 is 0 Å². The Morgan fingerprint density at radius 3 is 2.47 bits per heavy atom. The Kier molecular flexibility index (Phi) is 6.53. The number of aliphatic hydroxyl groups excluding tert-OH is 1. The van der Waals surface area contributed by atoms with Crippen LogP contribution in [0.15, 0.2) is 30.3 Å². The fourth-order valence-electron chi connectivity index (χ4n) is 1.90. The number of aliphatic hydroxyl groups is 1. The number of hydrogen-bond donors (Lipinski definition) is 1. The minimum absolute atomic E-state index is 0.222. The molecule has 0 aromatic heterocycles. The van der Waals surface area contributed by atoms with Crippen LogP contribution in [0.1, 0.15) is 31.9 Å². The van der Waals surface area contributed by atoms with E-state index in [4.69, 9.17) is 0 Å². The van der Waals surface area contributed by atoms with Crippen LogP contribution in [0.5, 0.6) is 0 Å². The van der Waals surface area contributed by atoms with Gasteiger partial charge in [-0.05, 0) is 19.4 Å². The molecule has 1 atom stereocenters. The minimum Gasteiger partial charge on any atom is -0.469 e. The number of carbonyl (C=O) groups excluding carboxylic acids is 1. The van der Waals surface area contributed by atoms with Crippen molar-refractivity contribution in [2.24, 2.45) is 0 Å². The zero-order chi connectivity index (χ0) is 14.3. The lowest BCUT2D eigenvalue weighted by Crippen LogP contribution is -2.36. The topological polar surface area (TPSA) is 49.8 Å². The molecular formula is C15H23NO3. The molecule has 4 nitrogen and oxygen atoms in total. The van der Waals surface area contributed by atoms with Gasteiger partial charge in [-0.25, -0.2) is 0 Å². The molecule has 1 unspecified atom stereocenters. The lowest BCUT2D eigenvalue weighted by atomic mass is 10.1. The zero-order valence-corrected chi connectivity index (χ0v) is 11.9. The van der Waals surface area contributed by atoms with Gasteiger partial charge in [-0.2, -0.15) is 0 Å². The molecule has 0 bridgehead atoms. The highest BCUT2D eigenvalue weighted by Gasteiger charge is 2.17. The maximum Gasteiger partial charge on any atom is 0.306 e. The van der Waals surface area contributed by atoms with Crippen molar-refractivity contribution in [3.05, 3.63) is 35.9 Å². The highest BCUT2D eigenvalue weighted by Crippen LogP contribution is 2.15. The van der Waals surface area contributed by atoms with E-state index in [1.807, 2.05) is 30.3 Å². The van der Waals surface area contributed by atoms with Crippen molar-refractivity contribution in [3.63, 3.8) is 0 Å². The standard InChI is InChI=1S/C15H23NO3/c1-12(2)16(10-9-15(18)19-3)11-14(17)13-7-5-4-6-8-13/h4-8,12,14,17H,9-11H2,1-3H3. The molecule has 4 heteroatoms. The molecule has 19 heavy (non-hydrogen) atoms. The van der Waals surface area contributed by atoms with Crippen LogP contribution in [0.25, 0.3) is 0 Å². The second kappa shape index (κ2) is 7.92. The number of carbonyl (C=O) groups is 1. The molecule has 0 aliphatic heterocycles. The Hall–Kier alpha value is -1.39. The first-order valence-corrected chi connectivity index (χ1v) is 6.58. The van der Waals surface area contributed by atoms with Crippen molar-refractivity contribution in [3.8, 4) is 0 Å². The Morgan fingerprint density at radius 1 is 1.32 bits per heavy atom. The van der Waals surface area contributed by atoms with Gasteiger partial charge < -0.3 is 9.84 Å². The van der Waals surface area contributed by atoms with E-state index in [-0.39, 0.29) is 12.0 Å². The van der Waals surface area contributed by atoms with E-state index in [9.17, 15) is 9.90 Å². The highest BCUT2D eigenvalue weighted by molar-refractivity contribution is 5.69.